The zero-order chi connectivity index (χ0) is 18.1. The molecule has 0 atom stereocenters. The number of halogens is 1. The molecule has 0 aliphatic heterocycles. The van der Waals surface area contributed by atoms with Crippen molar-refractivity contribution in [1.29, 1.82) is 0 Å². The number of benzene rings is 1. The third-order valence-electron chi connectivity index (χ3n) is 3.60. The zero-order valence-electron chi connectivity index (χ0n) is 13.8. The van der Waals surface area contributed by atoms with E-state index in [1.807, 2.05) is 13.8 Å². The van der Waals surface area contributed by atoms with E-state index in [0.717, 1.165) is 0 Å². The van der Waals surface area contributed by atoms with Crippen LogP contribution in [0.2, 0.25) is 0 Å². The lowest BCUT2D eigenvalue weighted by atomic mass is 10.1. The Morgan fingerprint density at radius 3 is 2.76 bits per heavy atom. The van der Waals surface area contributed by atoms with Crippen molar-refractivity contribution < 1.29 is 14.6 Å². The molecule has 6 nitrogen and oxygen atoms in total. The van der Waals surface area contributed by atoms with Gasteiger partial charge in [-0.15, -0.1) is 11.3 Å². The Morgan fingerprint density at radius 1 is 1.32 bits per heavy atom. The van der Waals surface area contributed by atoms with Crippen LogP contribution in [0.3, 0.4) is 0 Å². The highest BCUT2D eigenvalue weighted by Gasteiger charge is 2.15. The first-order valence-electron chi connectivity index (χ1n) is 7.53. The summed E-state index contributed by atoms with van der Waals surface area (Å²) < 4.78 is 5.94. The molecule has 0 fully saturated rings. The van der Waals surface area contributed by atoms with Crippen molar-refractivity contribution in [2.24, 2.45) is 5.92 Å². The van der Waals surface area contributed by atoms with Crippen molar-refractivity contribution in [3.05, 3.63) is 28.1 Å². The predicted molar refractivity (Wildman–Crippen MR) is 102 cm³/mol. The topological polar surface area (TPSA) is 84.3 Å². The van der Waals surface area contributed by atoms with Crippen LogP contribution >= 0.6 is 27.3 Å². The molecule has 2 heterocycles. The Balaban J connectivity index is 2.03. The summed E-state index contributed by atoms with van der Waals surface area (Å²) in [7, 11) is 1.57. The number of methoxy groups -OCH3 is 1. The second kappa shape index (κ2) is 6.97. The molecule has 3 rings (SSSR count). The van der Waals surface area contributed by atoms with Crippen molar-refractivity contribution >= 4 is 49.2 Å². The van der Waals surface area contributed by atoms with E-state index in [4.69, 9.17) is 4.74 Å². The SMILES string of the molecule is COc1ccc2c(O)cc(-c3csc(NC(=O)C(C)C)n3)nc2c1Br. The second-order valence-electron chi connectivity index (χ2n) is 5.69. The number of aromatic nitrogens is 2. The van der Waals surface area contributed by atoms with Crippen LogP contribution in [-0.4, -0.2) is 28.1 Å². The lowest BCUT2D eigenvalue weighted by molar-refractivity contribution is -0.118. The van der Waals surface area contributed by atoms with E-state index in [2.05, 4.69) is 31.2 Å². The Labute approximate surface area is 157 Å². The van der Waals surface area contributed by atoms with Crippen molar-refractivity contribution in [3.8, 4) is 22.9 Å². The quantitative estimate of drug-likeness (QED) is 0.650. The molecular weight excluding hydrogens is 406 g/mol. The van der Waals surface area contributed by atoms with Gasteiger partial charge in [0.2, 0.25) is 5.91 Å². The molecular formula is C17H16BrN3O3S. The van der Waals surface area contributed by atoms with Gasteiger partial charge in [-0.2, -0.15) is 0 Å². The number of fused-ring (bicyclic) bond motifs is 1. The molecule has 0 spiro atoms. The summed E-state index contributed by atoms with van der Waals surface area (Å²) >= 11 is 4.78. The summed E-state index contributed by atoms with van der Waals surface area (Å²) in [6, 6.07) is 5.07. The summed E-state index contributed by atoms with van der Waals surface area (Å²) in [6.45, 7) is 3.63. The van der Waals surface area contributed by atoms with Crippen LogP contribution in [0.1, 0.15) is 13.8 Å². The lowest BCUT2D eigenvalue weighted by Crippen LogP contribution is -2.17. The van der Waals surface area contributed by atoms with Gasteiger partial charge in [0.1, 0.15) is 17.2 Å². The van der Waals surface area contributed by atoms with Crippen LogP contribution in [0, 0.1) is 5.92 Å². The van der Waals surface area contributed by atoms with E-state index in [1.165, 1.54) is 11.3 Å². The molecule has 0 aliphatic rings. The van der Waals surface area contributed by atoms with Crippen LogP contribution in [0.5, 0.6) is 11.5 Å². The first-order chi connectivity index (χ1) is 11.9. The van der Waals surface area contributed by atoms with Gasteiger partial charge in [-0.1, -0.05) is 13.8 Å². The van der Waals surface area contributed by atoms with Gasteiger partial charge in [0.25, 0.3) is 0 Å². The average molecular weight is 422 g/mol. The number of carbonyl (C=O) groups excluding carboxylic acids is 1. The van der Waals surface area contributed by atoms with Crippen LogP contribution in [0.15, 0.2) is 28.1 Å². The Bertz CT molecular complexity index is 956. The van der Waals surface area contributed by atoms with E-state index >= 15 is 0 Å². The minimum absolute atomic E-state index is 0.0947. The number of ether oxygens (including phenoxy) is 1. The summed E-state index contributed by atoms with van der Waals surface area (Å²) in [4.78, 5) is 20.8. The molecule has 2 N–H and O–H groups in total. The first-order valence-corrected chi connectivity index (χ1v) is 9.21. The third kappa shape index (κ3) is 3.45. The molecule has 0 aliphatic carbocycles. The van der Waals surface area contributed by atoms with E-state index in [-0.39, 0.29) is 17.6 Å². The monoisotopic (exact) mass is 421 g/mol. The van der Waals surface area contributed by atoms with E-state index in [9.17, 15) is 9.90 Å². The summed E-state index contributed by atoms with van der Waals surface area (Å²) in [6.07, 6.45) is 0. The maximum absolute atomic E-state index is 11.8. The number of pyridine rings is 1. The number of anilines is 1. The Kier molecular flexibility index (Phi) is 4.91. The molecule has 0 bridgehead atoms. The molecule has 1 amide bonds. The molecule has 130 valence electrons. The summed E-state index contributed by atoms with van der Waals surface area (Å²) in [5.74, 6) is 0.505. The summed E-state index contributed by atoms with van der Waals surface area (Å²) in [5.41, 5.74) is 1.67. The fourth-order valence-electron chi connectivity index (χ4n) is 2.21. The number of carbonyl (C=O) groups is 1. The summed E-state index contributed by atoms with van der Waals surface area (Å²) in [5, 5.41) is 16.0. The molecule has 0 saturated heterocycles. The molecule has 8 heteroatoms. The minimum Gasteiger partial charge on any atom is -0.507 e. The normalized spacial score (nSPS) is 11.1. The highest BCUT2D eigenvalue weighted by atomic mass is 79.9. The molecule has 0 saturated carbocycles. The Hall–Kier alpha value is -2.19. The number of hydrogen-bond donors (Lipinski definition) is 2. The van der Waals surface area contributed by atoms with Crippen molar-refractivity contribution in [2.45, 2.75) is 13.8 Å². The van der Waals surface area contributed by atoms with Gasteiger partial charge < -0.3 is 15.2 Å². The molecule has 25 heavy (non-hydrogen) atoms. The van der Waals surface area contributed by atoms with Gasteiger partial charge in [0.05, 0.1) is 22.8 Å². The van der Waals surface area contributed by atoms with Gasteiger partial charge in [-0.25, -0.2) is 9.97 Å². The van der Waals surface area contributed by atoms with Crippen LogP contribution in [-0.2, 0) is 4.79 Å². The molecule has 3 aromatic rings. The first kappa shape index (κ1) is 17.6. The van der Waals surface area contributed by atoms with E-state index in [0.29, 0.717) is 37.6 Å². The largest absolute Gasteiger partial charge is 0.507 e. The number of nitrogens with zero attached hydrogens (tertiary/aromatic N) is 2. The fourth-order valence-corrected chi connectivity index (χ4v) is 3.51. The maximum Gasteiger partial charge on any atom is 0.228 e. The molecule has 0 radical (unpaired) electrons. The van der Waals surface area contributed by atoms with Crippen LogP contribution < -0.4 is 10.1 Å². The van der Waals surface area contributed by atoms with Crippen LogP contribution in [0.4, 0.5) is 5.13 Å². The highest BCUT2D eigenvalue weighted by Crippen LogP contribution is 2.38. The molecule has 2 aromatic heterocycles. The second-order valence-corrected chi connectivity index (χ2v) is 7.34. The van der Waals surface area contributed by atoms with Crippen molar-refractivity contribution in [2.75, 3.05) is 12.4 Å². The van der Waals surface area contributed by atoms with Gasteiger partial charge in [-0.05, 0) is 28.1 Å². The standard InChI is InChI=1S/C17H16BrN3O3S/c1-8(2)16(23)21-17-20-11(7-25-17)10-6-12(22)9-4-5-13(24-3)14(18)15(9)19-10/h4-8H,1-3H3,(H,19,22)(H,20,21,23). The average Bonchev–Trinajstić information content (AvgIpc) is 3.04. The number of amides is 1. The maximum atomic E-state index is 11.8. The molecule has 0 unspecified atom stereocenters. The smallest absolute Gasteiger partial charge is 0.228 e. The van der Waals surface area contributed by atoms with Gasteiger partial charge in [0.15, 0.2) is 5.13 Å². The number of hydrogen-bond acceptors (Lipinski definition) is 6. The predicted octanol–water partition coefficient (Wildman–Crippen LogP) is 4.43. The number of nitrogens with one attached hydrogen (secondary N) is 1. The number of rotatable bonds is 4. The zero-order valence-corrected chi connectivity index (χ0v) is 16.2. The van der Waals surface area contributed by atoms with Crippen molar-refractivity contribution in [1.82, 2.24) is 9.97 Å². The lowest BCUT2D eigenvalue weighted by Gasteiger charge is -2.09. The van der Waals surface area contributed by atoms with Gasteiger partial charge in [0, 0.05) is 22.8 Å². The van der Waals surface area contributed by atoms with Gasteiger partial charge >= 0.3 is 0 Å². The minimum atomic E-state index is -0.126. The van der Waals surface area contributed by atoms with Crippen LogP contribution in [0.25, 0.3) is 22.3 Å². The van der Waals surface area contributed by atoms with Crippen molar-refractivity contribution in [3.63, 3.8) is 0 Å². The van der Waals surface area contributed by atoms with E-state index in [1.54, 1.807) is 30.7 Å². The Morgan fingerprint density at radius 2 is 2.08 bits per heavy atom. The molecule has 1 aromatic carbocycles. The fraction of sp³-hybridized carbons (Fsp3) is 0.235. The highest BCUT2D eigenvalue weighted by molar-refractivity contribution is 9.10. The van der Waals surface area contributed by atoms with E-state index < -0.39 is 0 Å². The number of thiazole rings is 1. The van der Waals surface area contributed by atoms with Gasteiger partial charge in [-0.3, -0.25) is 4.79 Å². The third-order valence-corrected chi connectivity index (χ3v) is 5.13. The number of aromatic hydroxyl groups is 1.